The van der Waals surface area contributed by atoms with Gasteiger partial charge in [0.2, 0.25) is 5.16 Å². The first-order valence-electron chi connectivity index (χ1n) is 10.3. The Balaban J connectivity index is 1.51. The minimum atomic E-state index is -0.408. The highest BCUT2D eigenvalue weighted by Gasteiger charge is 2.15. The molecular formula is C26H19N3O3S. The van der Waals surface area contributed by atoms with Crippen LogP contribution in [-0.4, -0.2) is 22.3 Å². The van der Waals surface area contributed by atoms with E-state index < -0.39 is 5.63 Å². The number of ether oxygens (including phenoxy) is 1. The van der Waals surface area contributed by atoms with E-state index in [0.717, 1.165) is 33.5 Å². The first-order chi connectivity index (χ1) is 16.2. The predicted octanol–water partition coefficient (Wildman–Crippen LogP) is 5.61. The minimum Gasteiger partial charge on any atom is -0.497 e. The van der Waals surface area contributed by atoms with Gasteiger partial charge in [0.05, 0.1) is 7.11 Å². The molecule has 0 saturated carbocycles. The number of thioether (sulfide) groups is 1. The third-order valence-corrected chi connectivity index (χ3v) is 6.04. The summed E-state index contributed by atoms with van der Waals surface area (Å²) in [4.78, 5) is 16.9. The predicted molar refractivity (Wildman–Crippen MR) is 129 cm³/mol. The van der Waals surface area contributed by atoms with E-state index in [1.807, 2.05) is 72.8 Å². The van der Waals surface area contributed by atoms with Crippen molar-refractivity contribution in [2.45, 2.75) is 10.9 Å². The molecule has 0 spiro atoms. The highest BCUT2D eigenvalue weighted by Crippen LogP contribution is 2.31. The number of benzene rings is 3. The molecule has 0 radical (unpaired) electrons. The number of methoxy groups -OCH3 is 1. The van der Waals surface area contributed by atoms with Crippen LogP contribution < -0.4 is 10.4 Å². The third-order valence-electron chi connectivity index (χ3n) is 5.16. The van der Waals surface area contributed by atoms with Gasteiger partial charge < -0.3 is 9.15 Å². The van der Waals surface area contributed by atoms with Gasteiger partial charge in [0.25, 0.3) is 0 Å². The molecule has 0 atom stereocenters. The van der Waals surface area contributed by atoms with Gasteiger partial charge >= 0.3 is 5.63 Å². The lowest BCUT2D eigenvalue weighted by Crippen LogP contribution is -2.02. The molecule has 3 aromatic carbocycles. The molecule has 5 aromatic rings. The van der Waals surface area contributed by atoms with Gasteiger partial charge in [-0.25, -0.2) is 9.78 Å². The molecule has 0 saturated heterocycles. The van der Waals surface area contributed by atoms with Crippen molar-refractivity contribution >= 4 is 22.7 Å². The number of fused-ring (bicyclic) bond motifs is 1. The van der Waals surface area contributed by atoms with E-state index in [1.165, 1.54) is 17.8 Å². The van der Waals surface area contributed by atoms with Crippen LogP contribution in [0.2, 0.25) is 0 Å². The number of hydrogen-bond acceptors (Lipinski definition) is 7. The fraction of sp³-hybridized carbons (Fsp3) is 0.0769. The SMILES string of the molecule is COc1ccc2c(CSc3nnc(-c4ccccc4)c(-c4ccccc4)n3)cc(=O)oc2c1. The van der Waals surface area contributed by atoms with Gasteiger partial charge in [0, 0.05) is 34.4 Å². The lowest BCUT2D eigenvalue weighted by atomic mass is 10.0. The van der Waals surface area contributed by atoms with Crippen molar-refractivity contribution in [2.24, 2.45) is 0 Å². The Morgan fingerprint density at radius 2 is 1.55 bits per heavy atom. The zero-order valence-electron chi connectivity index (χ0n) is 17.8. The van der Waals surface area contributed by atoms with Gasteiger partial charge in [0.15, 0.2) is 0 Å². The van der Waals surface area contributed by atoms with Crippen LogP contribution in [0.4, 0.5) is 0 Å². The van der Waals surface area contributed by atoms with Gasteiger partial charge in [0.1, 0.15) is 22.7 Å². The van der Waals surface area contributed by atoms with Crippen molar-refractivity contribution in [3.63, 3.8) is 0 Å². The van der Waals surface area contributed by atoms with Crippen LogP contribution in [0.3, 0.4) is 0 Å². The summed E-state index contributed by atoms with van der Waals surface area (Å²) in [5.41, 5.74) is 4.33. The van der Waals surface area contributed by atoms with Crippen LogP contribution in [0, 0.1) is 0 Å². The molecule has 0 aliphatic rings. The van der Waals surface area contributed by atoms with E-state index in [-0.39, 0.29) is 0 Å². The van der Waals surface area contributed by atoms with Crippen molar-refractivity contribution in [3.05, 3.63) is 101 Å². The molecule has 5 rings (SSSR count). The lowest BCUT2D eigenvalue weighted by Gasteiger charge is -2.10. The quantitative estimate of drug-likeness (QED) is 0.244. The summed E-state index contributed by atoms with van der Waals surface area (Å²) in [5.74, 6) is 1.13. The molecule has 0 amide bonds. The number of aromatic nitrogens is 3. The number of nitrogens with zero attached hydrogens (tertiary/aromatic N) is 3. The third kappa shape index (κ3) is 4.49. The Morgan fingerprint density at radius 1 is 0.848 bits per heavy atom. The van der Waals surface area contributed by atoms with E-state index in [2.05, 4.69) is 10.2 Å². The molecule has 6 nitrogen and oxygen atoms in total. The Kier molecular flexibility index (Phi) is 5.87. The van der Waals surface area contributed by atoms with Gasteiger partial charge in [-0.1, -0.05) is 72.4 Å². The molecular weight excluding hydrogens is 434 g/mol. The van der Waals surface area contributed by atoms with Gasteiger partial charge in [-0.3, -0.25) is 0 Å². The smallest absolute Gasteiger partial charge is 0.336 e. The summed E-state index contributed by atoms with van der Waals surface area (Å²) in [6.07, 6.45) is 0. The van der Waals surface area contributed by atoms with Crippen molar-refractivity contribution in [1.29, 1.82) is 0 Å². The summed E-state index contributed by atoms with van der Waals surface area (Å²) in [6.45, 7) is 0. The highest BCUT2D eigenvalue weighted by molar-refractivity contribution is 7.98. The zero-order valence-corrected chi connectivity index (χ0v) is 18.6. The van der Waals surface area contributed by atoms with Crippen LogP contribution in [0.1, 0.15) is 5.56 Å². The lowest BCUT2D eigenvalue weighted by molar-refractivity contribution is 0.414. The summed E-state index contributed by atoms with van der Waals surface area (Å²) < 4.78 is 10.6. The van der Waals surface area contributed by atoms with Crippen molar-refractivity contribution in [2.75, 3.05) is 7.11 Å². The monoisotopic (exact) mass is 453 g/mol. The average molecular weight is 454 g/mol. The second kappa shape index (κ2) is 9.26. The van der Waals surface area contributed by atoms with Crippen LogP contribution in [-0.2, 0) is 5.75 Å². The first kappa shape index (κ1) is 20.9. The van der Waals surface area contributed by atoms with E-state index in [0.29, 0.717) is 22.2 Å². The molecule has 0 fully saturated rings. The maximum Gasteiger partial charge on any atom is 0.336 e. The standard InChI is InChI=1S/C26H19N3O3S/c1-31-20-12-13-21-19(14-23(30)32-22(21)15-20)16-33-26-27-24(17-8-4-2-5-9-17)25(28-29-26)18-10-6-3-7-11-18/h2-15H,16H2,1H3. The fourth-order valence-corrected chi connectivity index (χ4v) is 4.34. The molecule has 0 unspecified atom stereocenters. The summed E-state index contributed by atoms with van der Waals surface area (Å²) >= 11 is 1.42. The van der Waals surface area contributed by atoms with Crippen LogP contribution in [0.15, 0.2) is 99.3 Å². The van der Waals surface area contributed by atoms with E-state index in [9.17, 15) is 4.79 Å². The maximum absolute atomic E-state index is 12.1. The topological polar surface area (TPSA) is 78.1 Å². The van der Waals surface area contributed by atoms with Gasteiger partial charge in [-0.05, 0) is 17.7 Å². The Labute approximate surface area is 194 Å². The van der Waals surface area contributed by atoms with E-state index in [4.69, 9.17) is 14.1 Å². The summed E-state index contributed by atoms with van der Waals surface area (Å²) in [5, 5.41) is 10.3. The molecule has 162 valence electrons. The Morgan fingerprint density at radius 3 is 2.24 bits per heavy atom. The second-order valence-corrected chi connectivity index (χ2v) is 8.21. The van der Waals surface area contributed by atoms with E-state index in [1.54, 1.807) is 13.2 Å². The minimum absolute atomic E-state index is 0.408. The Hall–Kier alpha value is -3.97. The summed E-state index contributed by atoms with van der Waals surface area (Å²) in [7, 11) is 1.58. The summed E-state index contributed by atoms with van der Waals surface area (Å²) in [6, 6.07) is 26.8. The molecule has 0 N–H and O–H groups in total. The molecule has 7 heteroatoms. The first-order valence-corrected chi connectivity index (χ1v) is 11.3. The number of hydrogen-bond donors (Lipinski definition) is 0. The average Bonchev–Trinajstić information content (AvgIpc) is 2.87. The zero-order chi connectivity index (χ0) is 22.6. The second-order valence-electron chi connectivity index (χ2n) is 7.27. The molecule has 0 aliphatic carbocycles. The van der Waals surface area contributed by atoms with Gasteiger partial charge in [-0.15, -0.1) is 10.2 Å². The largest absolute Gasteiger partial charge is 0.497 e. The molecule has 0 aliphatic heterocycles. The van der Waals surface area contributed by atoms with Crippen molar-refractivity contribution in [3.8, 4) is 28.3 Å². The maximum atomic E-state index is 12.1. The highest BCUT2D eigenvalue weighted by atomic mass is 32.2. The Bertz CT molecular complexity index is 1470. The van der Waals surface area contributed by atoms with Crippen LogP contribution in [0.5, 0.6) is 5.75 Å². The van der Waals surface area contributed by atoms with Crippen molar-refractivity contribution in [1.82, 2.24) is 15.2 Å². The molecule has 2 heterocycles. The molecule has 0 bridgehead atoms. The molecule has 33 heavy (non-hydrogen) atoms. The van der Waals surface area contributed by atoms with Crippen molar-refractivity contribution < 1.29 is 9.15 Å². The van der Waals surface area contributed by atoms with E-state index >= 15 is 0 Å². The van der Waals surface area contributed by atoms with Crippen LogP contribution in [0.25, 0.3) is 33.5 Å². The van der Waals surface area contributed by atoms with Crippen LogP contribution >= 0.6 is 11.8 Å². The molecule has 2 aromatic heterocycles. The normalized spacial score (nSPS) is 10.9. The number of rotatable bonds is 6. The van der Waals surface area contributed by atoms with Gasteiger partial charge in [-0.2, -0.15) is 0 Å². The fourth-order valence-electron chi connectivity index (χ4n) is 3.56.